The molecule has 62 valence electrons. The van der Waals surface area contributed by atoms with Gasteiger partial charge < -0.3 is 9.84 Å². The first-order chi connectivity index (χ1) is 4.27. The van der Waals surface area contributed by atoms with Crippen LogP contribution in [-0.2, 0) is 4.74 Å². The standard InChI is InChI=1S/C8H18O2/c1-7(2,3)10-8(4,5)6-9/h9H,6H2,1-5H3. The summed E-state index contributed by atoms with van der Waals surface area (Å²) in [6, 6.07) is 0. The SMILES string of the molecule is CC(C)(C)OC(C)(C)CO. The zero-order chi connectivity index (χ0) is 8.41. The van der Waals surface area contributed by atoms with Gasteiger partial charge in [0, 0.05) is 0 Å². The molecule has 0 fully saturated rings. The summed E-state index contributed by atoms with van der Waals surface area (Å²) in [5.74, 6) is 0. The third-order valence-electron chi connectivity index (χ3n) is 0.963. The van der Waals surface area contributed by atoms with Crippen LogP contribution in [0.4, 0.5) is 0 Å². The molecule has 0 radical (unpaired) electrons. The second-order valence-corrected chi connectivity index (χ2v) is 4.13. The average molecular weight is 146 g/mol. The number of hydrogen-bond acceptors (Lipinski definition) is 2. The summed E-state index contributed by atoms with van der Waals surface area (Å²) in [6.45, 7) is 9.74. The molecular formula is C8H18O2. The molecule has 2 nitrogen and oxygen atoms in total. The minimum absolute atomic E-state index is 0.0598. The van der Waals surface area contributed by atoms with Crippen LogP contribution in [0.1, 0.15) is 34.6 Å². The minimum Gasteiger partial charge on any atom is -0.393 e. The molecule has 10 heavy (non-hydrogen) atoms. The molecule has 0 heterocycles. The fourth-order valence-corrected chi connectivity index (χ4v) is 0.861. The van der Waals surface area contributed by atoms with Crippen LogP contribution >= 0.6 is 0 Å². The van der Waals surface area contributed by atoms with E-state index >= 15 is 0 Å². The maximum Gasteiger partial charge on any atom is 0.0863 e. The Morgan fingerprint density at radius 2 is 1.50 bits per heavy atom. The second-order valence-electron chi connectivity index (χ2n) is 4.13. The van der Waals surface area contributed by atoms with Crippen LogP contribution in [0.15, 0.2) is 0 Å². The molecule has 0 spiro atoms. The van der Waals surface area contributed by atoms with E-state index in [0.717, 1.165) is 0 Å². The van der Waals surface area contributed by atoms with Crippen molar-refractivity contribution in [2.75, 3.05) is 6.61 Å². The summed E-state index contributed by atoms with van der Waals surface area (Å²) >= 11 is 0. The molecule has 0 saturated heterocycles. The molecule has 0 atom stereocenters. The Balaban J connectivity index is 3.89. The molecule has 0 saturated carbocycles. The maximum absolute atomic E-state index is 8.83. The van der Waals surface area contributed by atoms with Crippen LogP contribution in [0.2, 0.25) is 0 Å². The third-order valence-corrected chi connectivity index (χ3v) is 0.963. The zero-order valence-electron chi connectivity index (χ0n) is 7.56. The van der Waals surface area contributed by atoms with Gasteiger partial charge in [-0.15, -0.1) is 0 Å². The maximum atomic E-state index is 8.83. The molecule has 2 heteroatoms. The molecule has 0 bridgehead atoms. The Kier molecular flexibility index (Phi) is 2.86. The zero-order valence-corrected chi connectivity index (χ0v) is 7.56. The normalized spacial score (nSPS) is 13.8. The molecule has 1 N–H and O–H groups in total. The van der Waals surface area contributed by atoms with Crippen LogP contribution in [0.3, 0.4) is 0 Å². The average Bonchev–Trinajstić information content (AvgIpc) is 1.60. The lowest BCUT2D eigenvalue weighted by Gasteiger charge is -2.32. The van der Waals surface area contributed by atoms with Crippen molar-refractivity contribution in [2.45, 2.75) is 45.8 Å². The predicted molar refractivity (Wildman–Crippen MR) is 42.0 cm³/mol. The first-order valence-electron chi connectivity index (χ1n) is 3.58. The number of ether oxygens (including phenoxy) is 1. The fourth-order valence-electron chi connectivity index (χ4n) is 0.861. The van der Waals surface area contributed by atoms with Crippen LogP contribution in [0.25, 0.3) is 0 Å². The Labute approximate surface area is 63.2 Å². The smallest absolute Gasteiger partial charge is 0.0863 e. The summed E-state index contributed by atoms with van der Waals surface area (Å²) in [6.07, 6.45) is 0. The summed E-state index contributed by atoms with van der Waals surface area (Å²) in [4.78, 5) is 0. The molecule has 0 aliphatic rings. The van der Waals surface area contributed by atoms with Crippen LogP contribution < -0.4 is 0 Å². The van der Waals surface area contributed by atoms with Crippen molar-refractivity contribution in [1.82, 2.24) is 0 Å². The van der Waals surface area contributed by atoms with Crippen molar-refractivity contribution < 1.29 is 9.84 Å². The van der Waals surface area contributed by atoms with Gasteiger partial charge >= 0.3 is 0 Å². The number of hydrogen-bond donors (Lipinski definition) is 1. The van der Waals surface area contributed by atoms with E-state index in [4.69, 9.17) is 9.84 Å². The Hall–Kier alpha value is -0.0800. The van der Waals surface area contributed by atoms with Crippen molar-refractivity contribution in [3.63, 3.8) is 0 Å². The van der Waals surface area contributed by atoms with E-state index in [1.165, 1.54) is 0 Å². The molecule has 0 rings (SSSR count). The van der Waals surface area contributed by atoms with Crippen LogP contribution in [0, 0.1) is 0 Å². The van der Waals surface area contributed by atoms with E-state index in [0.29, 0.717) is 0 Å². The van der Waals surface area contributed by atoms with Gasteiger partial charge in [0.15, 0.2) is 0 Å². The highest BCUT2D eigenvalue weighted by Crippen LogP contribution is 2.18. The Bertz CT molecular complexity index is 100. The number of rotatable bonds is 2. The number of aliphatic hydroxyl groups is 1. The molecule has 0 aromatic heterocycles. The quantitative estimate of drug-likeness (QED) is 0.640. The molecule has 0 aliphatic heterocycles. The lowest BCUT2D eigenvalue weighted by Crippen LogP contribution is -2.37. The molecular weight excluding hydrogens is 128 g/mol. The fraction of sp³-hybridized carbons (Fsp3) is 1.00. The first kappa shape index (κ1) is 9.92. The monoisotopic (exact) mass is 146 g/mol. The van der Waals surface area contributed by atoms with Crippen molar-refractivity contribution in [1.29, 1.82) is 0 Å². The van der Waals surface area contributed by atoms with Gasteiger partial charge in [0.2, 0.25) is 0 Å². The highest BCUT2D eigenvalue weighted by Gasteiger charge is 2.24. The molecule has 0 unspecified atom stereocenters. The highest BCUT2D eigenvalue weighted by atomic mass is 16.5. The van der Waals surface area contributed by atoms with E-state index in [2.05, 4.69) is 0 Å². The van der Waals surface area contributed by atoms with Crippen LogP contribution in [-0.4, -0.2) is 22.9 Å². The van der Waals surface area contributed by atoms with Crippen molar-refractivity contribution in [2.24, 2.45) is 0 Å². The predicted octanol–water partition coefficient (Wildman–Crippen LogP) is 1.57. The second kappa shape index (κ2) is 2.89. The first-order valence-corrected chi connectivity index (χ1v) is 3.58. The van der Waals surface area contributed by atoms with E-state index in [1.807, 2.05) is 34.6 Å². The van der Waals surface area contributed by atoms with Gasteiger partial charge in [-0.3, -0.25) is 0 Å². The third kappa shape index (κ3) is 4.77. The molecule has 0 aromatic carbocycles. The molecule has 0 amide bonds. The summed E-state index contributed by atoms with van der Waals surface area (Å²) in [7, 11) is 0. The van der Waals surface area contributed by atoms with Gasteiger partial charge in [0.1, 0.15) is 0 Å². The highest BCUT2D eigenvalue weighted by molar-refractivity contribution is 4.72. The van der Waals surface area contributed by atoms with Gasteiger partial charge in [0.25, 0.3) is 0 Å². The van der Waals surface area contributed by atoms with Crippen molar-refractivity contribution in [3.8, 4) is 0 Å². The largest absolute Gasteiger partial charge is 0.393 e. The van der Waals surface area contributed by atoms with Crippen molar-refractivity contribution >= 4 is 0 Å². The number of aliphatic hydroxyl groups excluding tert-OH is 1. The van der Waals surface area contributed by atoms with E-state index in [-0.39, 0.29) is 12.2 Å². The van der Waals surface area contributed by atoms with Gasteiger partial charge in [-0.1, -0.05) is 0 Å². The van der Waals surface area contributed by atoms with E-state index in [1.54, 1.807) is 0 Å². The Morgan fingerprint density at radius 1 is 1.10 bits per heavy atom. The summed E-state index contributed by atoms with van der Waals surface area (Å²) in [5.41, 5.74) is -0.593. The van der Waals surface area contributed by atoms with Crippen LogP contribution in [0.5, 0.6) is 0 Å². The lowest BCUT2D eigenvalue weighted by atomic mass is 10.1. The lowest BCUT2D eigenvalue weighted by molar-refractivity contribution is -0.132. The molecule has 0 aliphatic carbocycles. The summed E-state index contributed by atoms with van der Waals surface area (Å²) in [5, 5.41) is 8.83. The van der Waals surface area contributed by atoms with Crippen molar-refractivity contribution in [3.05, 3.63) is 0 Å². The van der Waals surface area contributed by atoms with Gasteiger partial charge in [-0.05, 0) is 34.6 Å². The summed E-state index contributed by atoms with van der Waals surface area (Å²) < 4.78 is 5.52. The molecule has 0 aromatic rings. The van der Waals surface area contributed by atoms with Gasteiger partial charge in [-0.2, -0.15) is 0 Å². The Morgan fingerprint density at radius 3 is 1.60 bits per heavy atom. The van der Waals surface area contributed by atoms with Gasteiger partial charge in [0.05, 0.1) is 17.8 Å². The van der Waals surface area contributed by atoms with E-state index < -0.39 is 5.60 Å². The van der Waals surface area contributed by atoms with E-state index in [9.17, 15) is 0 Å². The minimum atomic E-state index is -0.418. The van der Waals surface area contributed by atoms with Gasteiger partial charge in [-0.25, -0.2) is 0 Å². The topological polar surface area (TPSA) is 29.5 Å².